The molecule has 0 fully saturated rings. The van der Waals surface area contributed by atoms with Crippen molar-refractivity contribution in [3.63, 3.8) is 0 Å². The van der Waals surface area contributed by atoms with Crippen LogP contribution in [-0.2, 0) is 29.1 Å². The fourth-order valence-electron chi connectivity index (χ4n) is 3.27. The van der Waals surface area contributed by atoms with Gasteiger partial charge in [0.1, 0.15) is 11.8 Å². The third kappa shape index (κ3) is 8.45. The van der Waals surface area contributed by atoms with Crippen LogP contribution < -0.4 is 9.46 Å². The molecule has 0 aliphatic rings. The maximum Gasteiger partial charge on any atom is 0.305 e. The van der Waals surface area contributed by atoms with Crippen LogP contribution in [0.5, 0.6) is 5.75 Å². The molecular weight excluding hydrogens is 470 g/mol. The summed E-state index contributed by atoms with van der Waals surface area (Å²) in [5, 5.41) is 0. The Labute approximate surface area is 206 Å². The first-order chi connectivity index (χ1) is 16.5. The smallest absolute Gasteiger partial charge is 0.305 e. The van der Waals surface area contributed by atoms with E-state index in [1.807, 2.05) is 0 Å². The SMILES string of the molecule is COC(=O)CCCCOc1ccccc1[C@@H](NS(=O)(=O)c1ccc(C)c(/C=C\C(C)=O)c1)C(C)=O. The summed E-state index contributed by atoms with van der Waals surface area (Å²) in [4.78, 5) is 35.0. The Morgan fingerprint density at radius 1 is 1.06 bits per heavy atom. The van der Waals surface area contributed by atoms with Gasteiger partial charge in [0.15, 0.2) is 11.6 Å². The number of sulfonamides is 1. The highest BCUT2D eigenvalue weighted by atomic mass is 32.2. The van der Waals surface area contributed by atoms with E-state index in [-0.39, 0.29) is 29.7 Å². The fraction of sp³-hybridized carbons (Fsp3) is 0.346. The van der Waals surface area contributed by atoms with Gasteiger partial charge >= 0.3 is 5.97 Å². The molecule has 0 aliphatic heterocycles. The van der Waals surface area contributed by atoms with E-state index in [1.54, 1.807) is 43.3 Å². The summed E-state index contributed by atoms with van der Waals surface area (Å²) in [7, 11) is -2.75. The summed E-state index contributed by atoms with van der Waals surface area (Å²) in [6.07, 6.45) is 4.36. The second kappa shape index (κ2) is 13.0. The quantitative estimate of drug-likeness (QED) is 0.251. The number of aryl methyl sites for hydroxylation is 1. The minimum atomic E-state index is -4.09. The molecule has 0 spiro atoms. The first kappa shape index (κ1) is 27.9. The largest absolute Gasteiger partial charge is 0.493 e. The molecule has 35 heavy (non-hydrogen) atoms. The lowest BCUT2D eigenvalue weighted by atomic mass is 10.0. The van der Waals surface area contributed by atoms with Crippen molar-refractivity contribution in [3.05, 3.63) is 65.2 Å². The van der Waals surface area contributed by atoms with E-state index in [0.717, 1.165) is 5.56 Å². The zero-order chi connectivity index (χ0) is 26.0. The maximum atomic E-state index is 13.2. The molecule has 0 unspecified atom stereocenters. The molecular formula is C26H31NO7S. The van der Waals surface area contributed by atoms with Gasteiger partial charge in [-0.3, -0.25) is 14.4 Å². The summed E-state index contributed by atoms with van der Waals surface area (Å²) in [5.74, 6) is -0.483. The van der Waals surface area contributed by atoms with E-state index in [1.165, 1.54) is 39.2 Å². The number of rotatable bonds is 13. The van der Waals surface area contributed by atoms with E-state index >= 15 is 0 Å². The van der Waals surface area contributed by atoms with Gasteiger partial charge in [-0.05, 0) is 69.0 Å². The van der Waals surface area contributed by atoms with E-state index in [4.69, 9.17) is 4.74 Å². The Morgan fingerprint density at radius 2 is 1.77 bits per heavy atom. The Kier molecular flexibility index (Phi) is 10.4. The monoisotopic (exact) mass is 501 g/mol. The van der Waals surface area contributed by atoms with Crippen LogP contribution in [0.25, 0.3) is 6.08 Å². The molecule has 2 rings (SSSR count). The average molecular weight is 502 g/mol. The molecule has 0 bridgehead atoms. The zero-order valence-corrected chi connectivity index (χ0v) is 21.2. The number of ether oxygens (including phenoxy) is 2. The number of unbranched alkanes of at least 4 members (excludes halogenated alkanes) is 1. The number of benzene rings is 2. The molecule has 0 aliphatic carbocycles. The molecule has 188 valence electrons. The van der Waals surface area contributed by atoms with Gasteiger partial charge in [-0.15, -0.1) is 0 Å². The minimum absolute atomic E-state index is 0.0289. The first-order valence-electron chi connectivity index (χ1n) is 11.2. The average Bonchev–Trinajstić information content (AvgIpc) is 2.81. The maximum absolute atomic E-state index is 13.2. The van der Waals surface area contributed by atoms with Crippen molar-refractivity contribution in [1.29, 1.82) is 0 Å². The van der Waals surface area contributed by atoms with Crippen LogP contribution in [0.4, 0.5) is 0 Å². The topological polar surface area (TPSA) is 116 Å². The predicted octanol–water partition coefficient (Wildman–Crippen LogP) is 3.93. The lowest BCUT2D eigenvalue weighted by Crippen LogP contribution is -2.33. The van der Waals surface area contributed by atoms with Crippen LogP contribution in [0.15, 0.2) is 53.4 Å². The van der Waals surface area contributed by atoms with Crippen molar-refractivity contribution in [1.82, 2.24) is 4.72 Å². The van der Waals surface area contributed by atoms with E-state index in [0.29, 0.717) is 29.7 Å². The number of carbonyl (C=O) groups is 3. The number of esters is 1. The molecule has 9 heteroatoms. The van der Waals surface area contributed by atoms with Gasteiger partial charge in [-0.2, -0.15) is 4.72 Å². The van der Waals surface area contributed by atoms with Crippen LogP contribution >= 0.6 is 0 Å². The normalized spacial score (nSPS) is 12.3. The number of hydrogen-bond donors (Lipinski definition) is 1. The number of para-hydroxylation sites is 1. The van der Waals surface area contributed by atoms with Gasteiger partial charge in [-0.25, -0.2) is 8.42 Å². The van der Waals surface area contributed by atoms with E-state index in [9.17, 15) is 22.8 Å². The number of nitrogens with one attached hydrogen (secondary N) is 1. The Balaban J connectivity index is 2.25. The summed E-state index contributed by atoms with van der Waals surface area (Å²) in [5.41, 5.74) is 1.77. The van der Waals surface area contributed by atoms with Gasteiger partial charge in [0.05, 0.1) is 18.6 Å². The van der Waals surface area contributed by atoms with Crippen molar-refractivity contribution in [2.45, 2.75) is 51.0 Å². The number of allylic oxidation sites excluding steroid dienone is 1. The lowest BCUT2D eigenvalue weighted by Gasteiger charge is -2.20. The van der Waals surface area contributed by atoms with Gasteiger partial charge in [0.2, 0.25) is 10.0 Å². The molecule has 2 aromatic carbocycles. The molecule has 0 amide bonds. The van der Waals surface area contributed by atoms with E-state index < -0.39 is 21.8 Å². The number of carbonyl (C=O) groups excluding carboxylic acids is 3. The number of methoxy groups -OCH3 is 1. The lowest BCUT2D eigenvalue weighted by molar-refractivity contribution is -0.140. The molecule has 0 heterocycles. The van der Waals surface area contributed by atoms with Crippen molar-refractivity contribution in [2.75, 3.05) is 13.7 Å². The minimum Gasteiger partial charge on any atom is -0.493 e. The van der Waals surface area contributed by atoms with Crippen LogP contribution in [0, 0.1) is 6.92 Å². The van der Waals surface area contributed by atoms with E-state index in [2.05, 4.69) is 9.46 Å². The second-order valence-corrected chi connectivity index (χ2v) is 9.76. The Bertz CT molecular complexity index is 1200. The third-order valence-corrected chi connectivity index (χ3v) is 6.65. The molecule has 8 nitrogen and oxygen atoms in total. The summed E-state index contributed by atoms with van der Waals surface area (Å²) >= 11 is 0. The van der Waals surface area contributed by atoms with Crippen LogP contribution in [0.1, 0.15) is 55.8 Å². The fourth-order valence-corrected chi connectivity index (χ4v) is 4.54. The highest BCUT2D eigenvalue weighted by molar-refractivity contribution is 7.89. The van der Waals surface area contributed by atoms with Crippen LogP contribution in [0.2, 0.25) is 0 Å². The third-order valence-electron chi connectivity index (χ3n) is 5.23. The molecule has 0 radical (unpaired) electrons. The first-order valence-corrected chi connectivity index (χ1v) is 12.6. The molecule has 0 saturated heterocycles. The number of hydrogen-bond acceptors (Lipinski definition) is 7. The van der Waals surface area contributed by atoms with Crippen molar-refractivity contribution >= 4 is 33.6 Å². The van der Waals surface area contributed by atoms with Gasteiger partial charge in [0.25, 0.3) is 0 Å². The zero-order valence-electron chi connectivity index (χ0n) is 20.4. The standard InChI is InChI=1S/C26H31NO7S/c1-18-12-15-22(17-21(18)14-13-19(2)28)35(31,32)27-26(20(3)29)23-9-5-6-10-24(23)34-16-8-7-11-25(30)33-4/h5-6,9-10,12-15,17,26-27H,7-8,11,16H2,1-4H3/b14-13-/t26-/m0/s1. The second-order valence-electron chi connectivity index (χ2n) is 8.05. The summed E-state index contributed by atoms with van der Waals surface area (Å²) < 4.78 is 39.3. The van der Waals surface area contributed by atoms with Gasteiger partial charge in [0, 0.05) is 12.0 Å². The van der Waals surface area contributed by atoms with Crippen LogP contribution in [0.3, 0.4) is 0 Å². The number of Topliss-reactive ketones (excluding diaryl/α,β-unsaturated/α-hetero) is 1. The Morgan fingerprint density at radius 3 is 2.43 bits per heavy atom. The molecule has 0 saturated carbocycles. The van der Waals surface area contributed by atoms with Gasteiger partial charge < -0.3 is 9.47 Å². The summed E-state index contributed by atoms with van der Waals surface area (Å²) in [6.45, 7) is 4.80. The summed E-state index contributed by atoms with van der Waals surface area (Å²) in [6, 6.07) is 10.1. The molecule has 1 atom stereocenters. The van der Waals surface area contributed by atoms with Crippen molar-refractivity contribution in [2.24, 2.45) is 0 Å². The molecule has 1 N–H and O–H groups in total. The molecule has 0 aromatic heterocycles. The molecule has 2 aromatic rings. The predicted molar refractivity (Wildman–Crippen MR) is 132 cm³/mol. The van der Waals surface area contributed by atoms with Crippen molar-refractivity contribution in [3.8, 4) is 5.75 Å². The highest BCUT2D eigenvalue weighted by Gasteiger charge is 2.27. The van der Waals surface area contributed by atoms with Crippen molar-refractivity contribution < 1.29 is 32.3 Å². The Hall–Kier alpha value is -3.30. The highest BCUT2D eigenvalue weighted by Crippen LogP contribution is 2.28. The van der Waals surface area contributed by atoms with Gasteiger partial charge in [-0.1, -0.05) is 30.3 Å². The van der Waals surface area contributed by atoms with Crippen LogP contribution in [-0.4, -0.2) is 39.7 Å². The number of ketones is 2.